The number of halogens is 4. The van der Waals surface area contributed by atoms with Gasteiger partial charge in [0.05, 0.1) is 11.1 Å². The second-order valence-corrected chi connectivity index (χ2v) is 5.01. The third kappa shape index (κ3) is 4.44. The standard InChI is InChI=1S/C17H10F4O5/c18-13-1-9(2-14(19)11(13)5-22)7-25-17(24)26-8-10-3-15(20)12(6-23)16(21)4-10/h1-6H,7-8H2. The predicted molar refractivity (Wildman–Crippen MR) is 78.5 cm³/mol. The molecule has 2 aromatic carbocycles. The lowest BCUT2D eigenvalue weighted by atomic mass is 10.1. The molecule has 2 aromatic rings. The van der Waals surface area contributed by atoms with Crippen molar-refractivity contribution in [3.05, 3.63) is 69.8 Å². The van der Waals surface area contributed by atoms with Gasteiger partial charge in [0.1, 0.15) is 36.5 Å². The Labute approximate surface area is 144 Å². The van der Waals surface area contributed by atoms with E-state index >= 15 is 0 Å². The second kappa shape index (κ2) is 8.24. The number of carbonyl (C=O) groups excluding carboxylic acids is 3. The van der Waals surface area contributed by atoms with E-state index in [0.717, 1.165) is 24.3 Å². The number of benzene rings is 2. The van der Waals surface area contributed by atoms with E-state index in [1.807, 2.05) is 0 Å². The molecule has 0 bridgehead atoms. The van der Waals surface area contributed by atoms with Crippen molar-refractivity contribution in [2.45, 2.75) is 13.2 Å². The van der Waals surface area contributed by atoms with Gasteiger partial charge in [0, 0.05) is 0 Å². The summed E-state index contributed by atoms with van der Waals surface area (Å²) >= 11 is 0. The highest BCUT2D eigenvalue weighted by Crippen LogP contribution is 2.16. The van der Waals surface area contributed by atoms with Crippen molar-refractivity contribution in [3.8, 4) is 0 Å². The Hall–Kier alpha value is -3.23. The molecule has 0 fully saturated rings. The molecular weight excluding hydrogens is 360 g/mol. The summed E-state index contributed by atoms with van der Waals surface area (Å²) in [6.45, 7) is -1.11. The smallest absolute Gasteiger partial charge is 0.429 e. The van der Waals surface area contributed by atoms with Crippen LogP contribution in [0, 0.1) is 23.3 Å². The van der Waals surface area contributed by atoms with E-state index in [1.165, 1.54) is 0 Å². The molecule has 0 spiro atoms. The quantitative estimate of drug-likeness (QED) is 0.440. The molecule has 0 amide bonds. The molecule has 0 saturated carbocycles. The Bertz CT molecular complexity index is 751. The molecule has 0 radical (unpaired) electrons. The maximum Gasteiger partial charge on any atom is 0.508 e. The average Bonchev–Trinajstić information content (AvgIpc) is 2.57. The van der Waals surface area contributed by atoms with Crippen LogP contribution < -0.4 is 0 Å². The van der Waals surface area contributed by atoms with E-state index < -0.39 is 53.8 Å². The van der Waals surface area contributed by atoms with Crippen molar-refractivity contribution in [1.29, 1.82) is 0 Å². The fraction of sp³-hybridized carbons (Fsp3) is 0.118. The lowest BCUT2D eigenvalue weighted by molar-refractivity contribution is 0.0443. The van der Waals surface area contributed by atoms with Gasteiger partial charge in [0.15, 0.2) is 12.6 Å². The van der Waals surface area contributed by atoms with Gasteiger partial charge >= 0.3 is 6.16 Å². The number of aldehydes is 2. The second-order valence-electron chi connectivity index (χ2n) is 5.01. The summed E-state index contributed by atoms with van der Waals surface area (Å²) in [7, 11) is 0. The highest BCUT2D eigenvalue weighted by molar-refractivity contribution is 5.76. The van der Waals surface area contributed by atoms with Gasteiger partial charge in [-0.15, -0.1) is 0 Å². The first-order valence-electron chi connectivity index (χ1n) is 7.01. The molecule has 0 aliphatic heterocycles. The zero-order chi connectivity index (χ0) is 19.3. The molecule has 0 heterocycles. The summed E-state index contributed by atoms with van der Waals surface area (Å²) < 4.78 is 62.8. The van der Waals surface area contributed by atoms with E-state index in [9.17, 15) is 31.9 Å². The monoisotopic (exact) mass is 370 g/mol. The van der Waals surface area contributed by atoms with Crippen LogP contribution in [-0.2, 0) is 22.7 Å². The van der Waals surface area contributed by atoms with E-state index in [-0.39, 0.29) is 23.7 Å². The van der Waals surface area contributed by atoms with E-state index in [4.69, 9.17) is 0 Å². The van der Waals surface area contributed by atoms with Gasteiger partial charge in [-0.1, -0.05) is 0 Å². The van der Waals surface area contributed by atoms with Gasteiger partial charge in [-0.25, -0.2) is 22.4 Å². The van der Waals surface area contributed by atoms with Gasteiger partial charge in [0.2, 0.25) is 0 Å². The van der Waals surface area contributed by atoms with Gasteiger partial charge < -0.3 is 9.47 Å². The van der Waals surface area contributed by atoms with Gasteiger partial charge in [-0.05, 0) is 35.4 Å². The van der Waals surface area contributed by atoms with Crippen molar-refractivity contribution < 1.29 is 41.4 Å². The molecule has 0 N–H and O–H groups in total. The first-order chi connectivity index (χ1) is 12.3. The van der Waals surface area contributed by atoms with Crippen LogP contribution >= 0.6 is 0 Å². The molecule has 2 rings (SSSR count). The van der Waals surface area contributed by atoms with Crippen LogP contribution in [0.15, 0.2) is 24.3 Å². The first kappa shape index (κ1) is 19.1. The molecule has 136 valence electrons. The number of hydrogen-bond donors (Lipinski definition) is 0. The Morgan fingerprint density at radius 2 is 1.04 bits per heavy atom. The van der Waals surface area contributed by atoms with Gasteiger partial charge in [0.25, 0.3) is 0 Å². The summed E-state index contributed by atoms with van der Waals surface area (Å²) in [5.41, 5.74) is -1.65. The van der Waals surface area contributed by atoms with Crippen LogP contribution in [0.2, 0.25) is 0 Å². The zero-order valence-electron chi connectivity index (χ0n) is 12.9. The molecule has 9 heteroatoms. The minimum absolute atomic E-state index is 0.0116. The number of rotatable bonds is 6. The number of ether oxygens (including phenoxy) is 2. The summed E-state index contributed by atoms with van der Waals surface area (Å²) in [6, 6.07) is 3.23. The topological polar surface area (TPSA) is 69.7 Å². The molecule has 0 aliphatic rings. The first-order valence-corrected chi connectivity index (χ1v) is 7.01. The molecular formula is C17H10F4O5. The van der Waals surface area contributed by atoms with Crippen LogP contribution in [0.1, 0.15) is 31.8 Å². The summed E-state index contributed by atoms with van der Waals surface area (Å²) in [6.07, 6.45) is -1.24. The molecule has 0 unspecified atom stereocenters. The van der Waals surface area contributed by atoms with Crippen LogP contribution in [0.4, 0.5) is 22.4 Å². The van der Waals surface area contributed by atoms with Crippen molar-refractivity contribution in [2.75, 3.05) is 0 Å². The fourth-order valence-electron chi connectivity index (χ4n) is 1.99. The number of carbonyl (C=O) groups is 3. The maximum atomic E-state index is 13.4. The highest BCUT2D eigenvalue weighted by atomic mass is 19.1. The summed E-state index contributed by atoms with van der Waals surface area (Å²) in [5, 5.41) is 0. The van der Waals surface area contributed by atoms with Crippen LogP contribution in [-0.4, -0.2) is 18.7 Å². The Balaban J connectivity index is 1.94. The highest BCUT2D eigenvalue weighted by Gasteiger charge is 2.14. The van der Waals surface area contributed by atoms with Crippen LogP contribution in [0.3, 0.4) is 0 Å². The molecule has 26 heavy (non-hydrogen) atoms. The third-order valence-electron chi connectivity index (χ3n) is 3.23. The predicted octanol–water partition coefficient (Wildman–Crippen LogP) is 3.72. The minimum Gasteiger partial charge on any atom is -0.429 e. The number of hydrogen-bond acceptors (Lipinski definition) is 5. The van der Waals surface area contributed by atoms with Crippen molar-refractivity contribution in [3.63, 3.8) is 0 Å². The summed E-state index contributed by atoms with van der Waals surface area (Å²) in [5.74, 6) is -4.47. The van der Waals surface area contributed by atoms with E-state index in [0.29, 0.717) is 0 Å². The molecule has 0 aliphatic carbocycles. The van der Waals surface area contributed by atoms with Crippen LogP contribution in [0.25, 0.3) is 0 Å². The van der Waals surface area contributed by atoms with Gasteiger partial charge in [-0.2, -0.15) is 0 Å². The third-order valence-corrected chi connectivity index (χ3v) is 3.23. The Kier molecular flexibility index (Phi) is 6.05. The summed E-state index contributed by atoms with van der Waals surface area (Å²) in [4.78, 5) is 32.4. The Morgan fingerprint density at radius 3 is 1.31 bits per heavy atom. The lowest BCUT2D eigenvalue weighted by Gasteiger charge is -2.08. The van der Waals surface area contributed by atoms with E-state index in [2.05, 4.69) is 9.47 Å². The van der Waals surface area contributed by atoms with Gasteiger partial charge in [-0.3, -0.25) is 9.59 Å². The lowest BCUT2D eigenvalue weighted by Crippen LogP contribution is -2.09. The van der Waals surface area contributed by atoms with Crippen molar-refractivity contribution >= 4 is 18.7 Å². The zero-order valence-corrected chi connectivity index (χ0v) is 12.9. The van der Waals surface area contributed by atoms with E-state index in [1.54, 1.807) is 0 Å². The maximum absolute atomic E-state index is 13.4. The largest absolute Gasteiger partial charge is 0.508 e. The fourth-order valence-corrected chi connectivity index (χ4v) is 1.99. The normalized spacial score (nSPS) is 10.3. The molecule has 0 saturated heterocycles. The average molecular weight is 370 g/mol. The van der Waals surface area contributed by atoms with Crippen LogP contribution in [0.5, 0.6) is 0 Å². The van der Waals surface area contributed by atoms with Crippen molar-refractivity contribution in [2.24, 2.45) is 0 Å². The molecule has 0 aromatic heterocycles. The molecule has 5 nitrogen and oxygen atoms in total. The minimum atomic E-state index is -1.26. The Morgan fingerprint density at radius 1 is 0.731 bits per heavy atom. The van der Waals surface area contributed by atoms with Crippen molar-refractivity contribution in [1.82, 2.24) is 0 Å². The SMILES string of the molecule is O=Cc1c(F)cc(COC(=O)OCc2cc(F)c(C=O)c(F)c2)cc1F. The molecule has 0 atom stereocenters.